The van der Waals surface area contributed by atoms with Crippen LogP contribution in [0.25, 0.3) is 0 Å². The molecule has 1 rings (SSSR count). The third-order valence-corrected chi connectivity index (χ3v) is 5.08. The Balaban J connectivity index is 2.55. The minimum atomic E-state index is -0.848. The summed E-state index contributed by atoms with van der Waals surface area (Å²) in [5, 5.41) is 5.36. The molecule has 0 aromatic carbocycles. The van der Waals surface area contributed by atoms with Crippen LogP contribution in [0.15, 0.2) is 21.7 Å². The molecule has 86 valence electrons. The predicted octanol–water partition coefficient (Wildman–Crippen LogP) is 2.49. The van der Waals surface area contributed by atoms with Gasteiger partial charge in [0.15, 0.2) is 0 Å². The van der Waals surface area contributed by atoms with Crippen LogP contribution in [0, 0.1) is 5.92 Å². The van der Waals surface area contributed by atoms with E-state index in [2.05, 4.69) is 26.1 Å². The van der Waals surface area contributed by atoms with Gasteiger partial charge < -0.3 is 5.32 Å². The minimum absolute atomic E-state index is 0.345. The molecule has 15 heavy (non-hydrogen) atoms. The number of nitrogens with one attached hydrogen (secondary N) is 1. The van der Waals surface area contributed by atoms with E-state index >= 15 is 0 Å². The molecule has 0 aliphatic carbocycles. The van der Waals surface area contributed by atoms with E-state index in [1.165, 1.54) is 0 Å². The van der Waals surface area contributed by atoms with Crippen LogP contribution in [0.3, 0.4) is 0 Å². The Hall–Kier alpha value is -0.190. The van der Waals surface area contributed by atoms with Crippen molar-refractivity contribution in [3.05, 3.63) is 17.5 Å². The van der Waals surface area contributed by atoms with Gasteiger partial charge in [-0.05, 0) is 23.9 Å². The molecule has 1 aromatic rings. The second-order valence-electron chi connectivity index (χ2n) is 3.85. The summed E-state index contributed by atoms with van der Waals surface area (Å²) in [4.78, 5) is 0. The summed E-state index contributed by atoms with van der Waals surface area (Å²) in [5.41, 5.74) is 0. The van der Waals surface area contributed by atoms with Gasteiger partial charge in [0.2, 0.25) is 0 Å². The molecule has 0 radical (unpaired) electrons. The molecule has 0 amide bonds. The summed E-state index contributed by atoms with van der Waals surface area (Å²) >= 11 is 1.57. The molecule has 0 aliphatic rings. The zero-order valence-electron chi connectivity index (χ0n) is 9.53. The third-order valence-electron chi connectivity index (χ3n) is 2.32. The maximum absolute atomic E-state index is 12.0. The van der Waals surface area contributed by atoms with Crippen molar-refractivity contribution in [2.75, 3.05) is 12.3 Å². The van der Waals surface area contributed by atoms with Gasteiger partial charge in [-0.25, -0.2) is 0 Å². The first kappa shape index (κ1) is 12.9. The SMILES string of the molecule is CCNC(CS(=O)c1cccs1)C(C)C. The lowest BCUT2D eigenvalue weighted by molar-refractivity contribution is 0.440. The van der Waals surface area contributed by atoms with Crippen LogP contribution in [-0.4, -0.2) is 22.5 Å². The molecule has 2 nitrogen and oxygen atoms in total. The fraction of sp³-hybridized carbons (Fsp3) is 0.636. The molecule has 0 fully saturated rings. The van der Waals surface area contributed by atoms with E-state index in [1.807, 2.05) is 17.5 Å². The van der Waals surface area contributed by atoms with Gasteiger partial charge in [-0.15, -0.1) is 11.3 Å². The van der Waals surface area contributed by atoms with Gasteiger partial charge in [-0.1, -0.05) is 26.8 Å². The zero-order chi connectivity index (χ0) is 11.3. The fourth-order valence-electron chi connectivity index (χ4n) is 1.39. The molecule has 0 saturated heterocycles. The second-order valence-corrected chi connectivity index (χ2v) is 6.52. The van der Waals surface area contributed by atoms with Crippen LogP contribution in [0.4, 0.5) is 0 Å². The Morgan fingerprint density at radius 1 is 1.53 bits per heavy atom. The molecular weight excluding hydrogens is 226 g/mol. The molecule has 0 spiro atoms. The summed E-state index contributed by atoms with van der Waals surface area (Å²) in [7, 11) is -0.848. The molecule has 1 heterocycles. The van der Waals surface area contributed by atoms with Crippen LogP contribution in [0.1, 0.15) is 20.8 Å². The topological polar surface area (TPSA) is 29.1 Å². The Morgan fingerprint density at radius 2 is 2.27 bits per heavy atom. The first-order valence-corrected chi connectivity index (χ1v) is 7.50. The van der Waals surface area contributed by atoms with E-state index in [0.717, 1.165) is 10.8 Å². The van der Waals surface area contributed by atoms with Crippen molar-refractivity contribution in [3.8, 4) is 0 Å². The summed E-state index contributed by atoms with van der Waals surface area (Å²) in [6.45, 7) is 7.35. The lowest BCUT2D eigenvalue weighted by atomic mass is 10.1. The number of hydrogen-bond acceptors (Lipinski definition) is 3. The fourth-order valence-corrected chi connectivity index (χ4v) is 3.86. The van der Waals surface area contributed by atoms with E-state index in [-0.39, 0.29) is 0 Å². The van der Waals surface area contributed by atoms with E-state index in [0.29, 0.717) is 17.7 Å². The first-order valence-electron chi connectivity index (χ1n) is 5.30. The molecule has 0 saturated carbocycles. The standard InChI is InChI=1S/C11H19NOS2/c1-4-12-10(9(2)3)8-15(13)11-6-5-7-14-11/h5-7,9-10,12H,4,8H2,1-3H3. The van der Waals surface area contributed by atoms with E-state index in [1.54, 1.807) is 11.3 Å². The van der Waals surface area contributed by atoms with Crippen molar-refractivity contribution in [2.24, 2.45) is 5.92 Å². The highest BCUT2D eigenvalue weighted by atomic mass is 32.2. The van der Waals surface area contributed by atoms with Crippen molar-refractivity contribution in [1.29, 1.82) is 0 Å². The van der Waals surface area contributed by atoms with Crippen molar-refractivity contribution in [2.45, 2.75) is 31.0 Å². The molecule has 0 aliphatic heterocycles. The largest absolute Gasteiger partial charge is 0.313 e. The predicted molar refractivity (Wildman–Crippen MR) is 67.9 cm³/mol. The maximum atomic E-state index is 12.0. The zero-order valence-corrected chi connectivity index (χ0v) is 11.2. The number of rotatable bonds is 6. The monoisotopic (exact) mass is 245 g/mol. The van der Waals surface area contributed by atoms with Crippen LogP contribution in [-0.2, 0) is 10.8 Å². The average Bonchev–Trinajstić information content (AvgIpc) is 2.69. The highest BCUT2D eigenvalue weighted by Gasteiger charge is 2.16. The summed E-state index contributed by atoms with van der Waals surface area (Å²) in [6, 6.07) is 4.25. The van der Waals surface area contributed by atoms with Crippen LogP contribution >= 0.6 is 11.3 Å². The van der Waals surface area contributed by atoms with Crippen molar-refractivity contribution >= 4 is 22.1 Å². The van der Waals surface area contributed by atoms with Crippen molar-refractivity contribution < 1.29 is 4.21 Å². The maximum Gasteiger partial charge on any atom is 0.0911 e. The molecule has 0 bridgehead atoms. The van der Waals surface area contributed by atoms with Crippen LogP contribution in [0.5, 0.6) is 0 Å². The average molecular weight is 245 g/mol. The van der Waals surface area contributed by atoms with Gasteiger partial charge in [0, 0.05) is 11.8 Å². The molecule has 1 N–H and O–H groups in total. The van der Waals surface area contributed by atoms with E-state index < -0.39 is 10.8 Å². The van der Waals surface area contributed by atoms with Gasteiger partial charge in [-0.3, -0.25) is 4.21 Å². The van der Waals surface area contributed by atoms with E-state index in [9.17, 15) is 4.21 Å². The summed E-state index contributed by atoms with van der Waals surface area (Å²) in [6.07, 6.45) is 0. The second kappa shape index (κ2) is 6.40. The van der Waals surface area contributed by atoms with Crippen molar-refractivity contribution in [3.63, 3.8) is 0 Å². The Kier molecular flexibility index (Phi) is 5.50. The number of hydrogen-bond donors (Lipinski definition) is 1. The van der Waals surface area contributed by atoms with Gasteiger partial charge >= 0.3 is 0 Å². The van der Waals surface area contributed by atoms with Crippen LogP contribution < -0.4 is 5.32 Å². The highest BCUT2D eigenvalue weighted by molar-refractivity contribution is 7.87. The summed E-state index contributed by atoms with van der Waals surface area (Å²) < 4.78 is 13.0. The highest BCUT2D eigenvalue weighted by Crippen LogP contribution is 2.16. The molecule has 2 atom stereocenters. The van der Waals surface area contributed by atoms with E-state index in [4.69, 9.17) is 0 Å². The van der Waals surface area contributed by atoms with Gasteiger partial charge in [0.1, 0.15) is 0 Å². The lowest BCUT2D eigenvalue weighted by Crippen LogP contribution is -2.38. The smallest absolute Gasteiger partial charge is 0.0911 e. The quantitative estimate of drug-likeness (QED) is 0.834. The van der Waals surface area contributed by atoms with Crippen LogP contribution in [0.2, 0.25) is 0 Å². The third kappa shape index (κ3) is 4.05. The van der Waals surface area contributed by atoms with Gasteiger partial charge in [0.25, 0.3) is 0 Å². The molecule has 1 aromatic heterocycles. The van der Waals surface area contributed by atoms with Crippen molar-refractivity contribution in [1.82, 2.24) is 5.32 Å². The molecule has 4 heteroatoms. The van der Waals surface area contributed by atoms with Gasteiger partial charge in [0.05, 0.1) is 15.0 Å². The first-order chi connectivity index (χ1) is 7.15. The number of thiophene rings is 1. The Labute approximate surface area is 98.6 Å². The molecular formula is C11H19NOS2. The lowest BCUT2D eigenvalue weighted by Gasteiger charge is -2.20. The Morgan fingerprint density at radius 3 is 2.73 bits per heavy atom. The summed E-state index contributed by atoms with van der Waals surface area (Å²) in [5.74, 6) is 1.24. The van der Waals surface area contributed by atoms with Gasteiger partial charge in [-0.2, -0.15) is 0 Å². The normalized spacial score (nSPS) is 15.5. The Bertz CT molecular complexity index is 296. The minimum Gasteiger partial charge on any atom is -0.313 e. The molecule has 2 unspecified atom stereocenters.